The van der Waals surface area contributed by atoms with E-state index in [-0.39, 0.29) is 5.15 Å². The van der Waals surface area contributed by atoms with Gasteiger partial charge in [-0.1, -0.05) is 11.6 Å². The van der Waals surface area contributed by atoms with Gasteiger partial charge >= 0.3 is 0 Å². The molecule has 88 valence electrons. The SMILES string of the molecule is Cc1nc(Cl)c(-n2cc(C(N)=O)cn2)nc1C. The summed E-state index contributed by atoms with van der Waals surface area (Å²) in [5, 5.41) is 4.20. The van der Waals surface area contributed by atoms with Gasteiger partial charge in [0.25, 0.3) is 5.91 Å². The van der Waals surface area contributed by atoms with Gasteiger partial charge in [-0.25, -0.2) is 14.6 Å². The Kier molecular flexibility index (Phi) is 2.81. The molecule has 2 aromatic heterocycles. The van der Waals surface area contributed by atoms with Crippen molar-refractivity contribution in [1.82, 2.24) is 19.7 Å². The number of carbonyl (C=O) groups is 1. The number of hydrogen-bond donors (Lipinski definition) is 1. The molecule has 2 heterocycles. The van der Waals surface area contributed by atoms with Gasteiger partial charge in [-0.3, -0.25) is 4.79 Å². The Bertz CT molecular complexity index is 592. The van der Waals surface area contributed by atoms with Crippen LogP contribution in [0.1, 0.15) is 21.7 Å². The summed E-state index contributed by atoms with van der Waals surface area (Å²) in [5.41, 5.74) is 6.93. The zero-order chi connectivity index (χ0) is 12.6. The number of aromatic nitrogens is 4. The van der Waals surface area contributed by atoms with E-state index in [9.17, 15) is 4.79 Å². The average Bonchev–Trinajstić information content (AvgIpc) is 2.72. The second kappa shape index (κ2) is 4.14. The number of rotatable bonds is 2. The summed E-state index contributed by atoms with van der Waals surface area (Å²) in [4.78, 5) is 19.4. The van der Waals surface area contributed by atoms with Crippen LogP contribution >= 0.6 is 11.6 Å². The summed E-state index contributed by atoms with van der Waals surface area (Å²) in [6.07, 6.45) is 2.82. The smallest absolute Gasteiger partial charge is 0.251 e. The van der Waals surface area contributed by atoms with Crippen LogP contribution in [-0.4, -0.2) is 25.7 Å². The largest absolute Gasteiger partial charge is 0.366 e. The van der Waals surface area contributed by atoms with E-state index in [1.807, 2.05) is 13.8 Å². The van der Waals surface area contributed by atoms with Gasteiger partial charge in [0.15, 0.2) is 11.0 Å². The molecule has 0 aliphatic rings. The van der Waals surface area contributed by atoms with E-state index in [1.165, 1.54) is 17.1 Å². The number of aryl methyl sites for hydroxylation is 2. The van der Waals surface area contributed by atoms with Crippen molar-refractivity contribution in [3.63, 3.8) is 0 Å². The van der Waals surface area contributed by atoms with Crippen LogP contribution in [0.3, 0.4) is 0 Å². The average molecular weight is 252 g/mol. The van der Waals surface area contributed by atoms with Crippen LogP contribution in [0.5, 0.6) is 0 Å². The molecule has 1 amide bonds. The fourth-order valence-electron chi connectivity index (χ4n) is 1.28. The van der Waals surface area contributed by atoms with Gasteiger partial charge in [0.2, 0.25) is 0 Å². The van der Waals surface area contributed by atoms with E-state index in [0.717, 1.165) is 11.4 Å². The molecule has 0 bridgehead atoms. The fraction of sp³-hybridized carbons (Fsp3) is 0.200. The normalized spacial score (nSPS) is 10.5. The minimum absolute atomic E-state index is 0.229. The van der Waals surface area contributed by atoms with E-state index >= 15 is 0 Å². The third kappa shape index (κ3) is 2.12. The molecule has 0 aliphatic heterocycles. The summed E-state index contributed by atoms with van der Waals surface area (Å²) >= 11 is 5.97. The third-order valence-corrected chi connectivity index (χ3v) is 2.59. The zero-order valence-electron chi connectivity index (χ0n) is 9.31. The van der Waals surface area contributed by atoms with Gasteiger partial charge in [0.05, 0.1) is 23.1 Å². The highest BCUT2D eigenvalue weighted by molar-refractivity contribution is 6.30. The molecule has 2 aromatic rings. The van der Waals surface area contributed by atoms with Crippen LogP contribution in [0, 0.1) is 13.8 Å². The highest BCUT2D eigenvalue weighted by atomic mass is 35.5. The van der Waals surface area contributed by atoms with Crippen molar-refractivity contribution in [3.05, 3.63) is 34.5 Å². The lowest BCUT2D eigenvalue weighted by atomic mass is 10.3. The Morgan fingerprint density at radius 2 is 2.00 bits per heavy atom. The predicted molar refractivity (Wildman–Crippen MR) is 62.2 cm³/mol. The Labute approximate surface area is 102 Å². The maximum absolute atomic E-state index is 11.0. The van der Waals surface area contributed by atoms with Gasteiger partial charge in [-0.05, 0) is 13.8 Å². The number of primary amides is 1. The van der Waals surface area contributed by atoms with E-state index in [1.54, 1.807) is 0 Å². The molecule has 7 heteroatoms. The maximum atomic E-state index is 11.0. The van der Waals surface area contributed by atoms with Crippen molar-refractivity contribution in [3.8, 4) is 5.82 Å². The molecule has 0 unspecified atom stereocenters. The molecule has 0 aliphatic carbocycles. The second-order valence-corrected chi connectivity index (χ2v) is 3.90. The summed E-state index contributed by atoms with van der Waals surface area (Å²) in [7, 11) is 0. The van der Waals surface area contributed by atoms with Crippen LogP contribution in [0.2, 0.25) is 5.15 Å². The Balaban J connectivity index is 2.52. The highest BCUT2D eigenvalue weighted by Crippen LogP contribution is 2.17. The molecule has 6 nitrogen and oxygen atoms in total. The Morgan fingerprint density at radius 3 is 2.59 bits per heavy atom. The highest BCUT2D eigenvalue weighted by Gasteiger charge is 2.12. The van der Waals surface area contributed by atoms with Crippen LogP contribution in [-0.2, 0) is 0 Å². The van der Waals surface area contributed by atoms with Crippen molar-refractivity contribution in [2.24, 2.45) is 5.73 Å². The molecule has 0 spiro atoms. The van der Waals surface area contributed by atoms with Crippen molar-refractivity contribution < 1.29 is 4.79 Å². The van der Waals surface area contributed by atoms with Crippen LogP contribution in [0.15, 0.2) is 12.4 Å². The minimum Gasteiger partial charge on any atom is -0.366 e. The van der Waals surface area contributed by atoms with Gasteiger partial charge in [-0.15, -0.1) is 0 Å². The first kappa shape index (κ1) is 11.5. The lowest BCUT2D eigenvalue weighted by Gasteiger charge is -2.05. The molecule has 2 rings (SSSR count). The first-order chi connectivity index (χ1) is 7.99. The fourth-order valence-corrected chi connectivity index (χ4v) is 1.53. The summed E-state index contributed by atoms with van der Waals surface area (Å²) in [5.74, 6) is -0.175. The van der Waals surface area contributed by atoms with E-state index in [0.29, 0.717) is 11.4 Å². The van der Waals surface area contributed by atoms with Crippen molar-refractivity contribution >= 4 is 17.5 Å². The van der Waals surface area contributed by atoms with Gasteiger partial charge < -0.3 is 5.73 Å². The number of carbonyl (C=O) groups excluding carboxylic acids is 1. The molecule has 0 radical (unpaired) electrons. The van der Waals surface area contributed by atoms with E-state index < -0.39 is 5.91 Å². The predicted octanol–water partition coefficient (Wildman–Crippen LogP) is 1.03. The lowest BCUT2D eigenvalue weighted by Crippen LogP contribution is -2.10. The monoisotopic (exact) mass is 251 g/mol. The first-order valence-electron chi connectivity index (χ1n) is 4.84. The summed E-state index contributed by atoms with van der Waals surface area (Å²) in [6, 6.07) is 0. The number of halogens is 1. The number of hydrogen-bond acceptors (Lipinski definition) is 4. The maximum Gasteiger partial charge on any atom is 0.251 e. The third-order valence-electron chi connectivity index (χ3n) is 2.33. The molecule has 0 aromatic carbocycles. The molecular weight excluding hydrogens is 242 g/mol. The molecule has 2 N–H and O–H groups in total. The van der Waals surface area contributed by atoms with Crippen LogP contribution < -0.4 is 5.73 Å². The first-order valence-corrected chi connectivity index (χ1v) is 5.22. The van der Waals surface area contributed by atoms with Crippen molar-refractivity contribution in [2.75, 3.05) is 0 Å². The summed E-state index contributed by atoms with van der Waals surface area (Å²) in [6.45, 7) is 3.64. The van der Waals surface area contributed by atoms with E-state index in [2.05, 4.69) is 15.1 Å². The topological polar surface area (TPSA) is 86.7 Å². The van der Waals surface area contributed by atoms with Gasteiger partial charge in [0, 0.05) is 6.20 Å². The molecule has 0 fully saturated rings. The van der Waals surface area contributed by atoms with E-state index in [4.69, 9.17) is 17.3 Å². The molecule has 0 saturated carbocycles. The molecule has 0 saturated heterocycles. The lowest BCUT2D eigenvalue weighted by molar-refractivity contribution is 0.100. The van der Waals surface area contributed by atoms with Gasteiger partial charge in [-0.2, -0.15) is 5.10 Å². The van der Waals surface area contributed by atoms with Crippen molar-refractivity contribution in [2.45, 2.75) is 13.8 Å². The Morgan fingerprint density at radius 1 is 1.35 bits per heavy atom. The molecule has 0 atom stereocenters. The Hall–Kier alpha value is -1.95. The van der Waals surface area contributed by atoms with Gasteiger partial charge in [0.1, 0.15) is 0 Å². The van der Waals surface area contributed by atoms with Crippen LogP contribution in [0.4, 0.5) is 0 Å². The molecular formula is C10H10ClN5O. The summed E-state index contributed by atoms with van der Waals surface area (Å²) < 4.78 is 1.38. The molecule has 17 heavy (non-hydrogen) atoms. The second-order valence-electron chi connectivity index (χ2n) is 3.55. The zero-order valence-corrected chi connectivity index (χ0v) is 10.1. The number of nitrogens with two attached hydrogens (primary N) is 1. The number of nitrogens with zero attached hydrogens (tertiary/aromatic N) is 4. The minimum atomic E-state index is -0.552. The number of amides is 1. The standard InChI is InChI=1S/C10H10ClN5O/c1-5-6(2)15-10(8(11)14-5)16-4-7(3-13-16)9(12)17/h3-4H,1-2H3,(H2,12,17). The quantitative estimate of drug-likeness (QED) is 0.864. The van der Waals surface area contributed by atoms with Crippen LogP contribution in [0.25, 0.3) is 5.82 Å². The van der Waals surface area contributed by atoms with Crippen molar-refractivity contribution in [1.29, 1.82) is 0 Å².